The Kier molecular flexibility index (Phi) is 3.23. The van der Waals surface area contributed by atoms with Crippen LogP contribution < -0.4 is 0 Å². The largest absolute Gasteiger partial charge is 0.481 e. The summed E-state index contributed by atoms with van der Waals surface area (Å²) in [7, 11) is 0. The van der Waals surface area contributed by atoms with Crippen LogP contribution in [-0.4, -0.2) is 35.4 Å². The van der Waals surface area contributed by atoms with E-state index in [9.17, 15) is 9.59 Å². The third-order valence-corrected chi connectivity index (χ3v) is 1.93. The fourth-order valence-corrected chi connectivity index (χ4v) is 1.55. The number of rotatable bonds is 3. The smallest absolute Gasteiger partial charge is 0.305 e. The van der Waals surface area contributed by atoms with Gasteiger partial charge in [0.05, 0.1) is 12.5 Å². The summed E-state index contributed by atoms with van der Waals surface area (Å²) in [5.74, 6) is -1.82. The molecule has 1 heterocycles. The quantitative estimate of drug-likeness (QED) is 0.677. The Morgan fingerprint density at radius 2 is 2.21 bits per heavy atom. The average Bonchev–Trinajstić information content (AvgIpc) is 1.99. The van der Waals surface area contributed by atoms with Crippen molar-refractivity contribution in [2.24, 2.45) is 0 Å². The summed E-state index contributed by atoms with van der Waals surface area (Å²) < 4.78 is 10.6. The first kappa shape index (κ1) is 11.1. The lowest BCUT2D eigenvalue weighted by Gasteiger charge is -2.38. The van der Waals surface area contributed by atoms with Gasteiger partial charge in [-0.05, 0) is 13.8 Å². The summed E-state index contributed by atoms with van der Waals surface area (Å²) in [6, 6.07) is 0. The Morgan fingerprint density at radius 1 is 1.57 bits per heavy atom. The van der Waals surface area contributed by atoms with E-state index in [1.807, 2.05) is 0 Å². The van der Waals surface area contributed by atoms with Gasteiger partial charge in [0.2, 0.25) is 0 Å². The normalized spacial score (nSPS) is 31.0. The topological polar surface area (TPSA) is 72.8 Å². The number of carboxylic acid groups (broad SMARTS) is 1. The zero-order valence-electron chi connectivity index (χ0n) is 8.23. The number of hydrogen-bond donors (Lipinski definition) is 1. The van der Waals surface area contributed by atoms with Gasteiger partial charge < -0.3 is 19.4 Å². The monoisotopic (exact) mass is 202 g/mol. The highest BCUT2D eigenvalue weighted by Gasteiger charge is 2.36. The zero-order valence-corrected chi connectivity index (χ0v) is 8.23. The van der Waals surface area contributed by atoms with E-state index in [4.69, 9.17) is 14.6 Å². The standard InChI is InChI=1S/C9H14O5/c1-9(2)13-6(4-8(11)12)3-7(5-10)14-9/h5-7H,3-4H2,1-2H3,(H,11,12)/t6-,7?/m0/s1. The van der Waals surface area contributed by atoms with Crippen LogP contribution >= 0.6 is 0 Å². The van der Waals surface area contributed by atoms with E-state index in [1.54, 1.807) is 13.8 Å². The molecule has 80 valence electrons. The first-order chi connectivity index (χ1) is 6.43. The Labute approximate surface area is 82.0 Å². The summed E-state index contributed by atoms with van der Waals surface area (Å²) in [4.78, 5) is 21.0. The molecule has 14 heavy (non-hydrogen) atoms. The average molecular weight is 202 g/mol. The molecule has 1 rings (SSSR count). The van der Waals surface area contributed by atoms with Crippen molar-refractivity contribution in [2.75, 3.05) is 0 Å². The Balaban J connectivity index is 2.60. The third kappa shape index (κ3) is 3.08. The van der Waals surface area contributed by atoms with Crippen LogP contribution in [0, 0.1) is 0 Å². The summed E-state index contributed by atoms with van der Waals surface area (Å²) in [5, 5.41) is 8.59. The molecule has 0 radical (unpaired) electrons. The summed E-state index contributed by atoms with van der Waals surface area (Å²) in [6.07, 6.45) is -0.135. The van der Waals surface area contributed by atoms with Crippen molar-refractivity contribution in [1.29, 1.82) is 0 Å². The molecule has 1 unspecified atom stereocenters. The lowest BCUT2D eigenvalue weighted by molar-refractivity contribution is -0.291. The molecule has 0 spiro atoms. The van der Waals surface area contributed by atoms with Crippen LogP contribution in [0.2, 0.25) is 0 Å². The van der Waals surface area contributed by atoms with Crippen molar-refractivity contribution < 1.29 is 24.2 Å². The highest BCUT2D eigenvalue weighted by molar-refractivity contribution is 5.67. The lowest BCUT2D eigenvalue weighted by atomic mass is 10.1. The summed E-state index contributed by atoms with van der Waals surface area (Å²) in [5.41, 5.74) is 0. The van der Waals surface area contributed by atoms with Gasteiger partial charge in [-0.2, -0.15) is 0 Å². The van der Waals surface area contributed by atoms with Crippen LogP contribution in [0.5, 0.6) is 0 Å². The van der Waals surface area contributed by atoms with Crippen LogP contribution in [0.4, 0.5) is 0 Å². The van der Waals surface area contributed by atoms with E-state index in [2.05, 4.69) is 0 Å². The van der Waals surface area contributed by atoms with Crippen molar-refractivity contribution in [3.8, 4) is 0 Å². The molecule has 1 N–H and O–H groups in total. The van der Waals surface area contributed by atoms with Gasteiger partial charge in [0.1, 0.15) is 12.4 Å². The number of carbonyl (C=O) groups is 2. The zero-order chi connectivity index (χ0) is 10.8. The van der Waals surface area contributed by atoms with E-state index in [0.717, 1.165) is 0 Å². The summed E-state index contributed by atoms with van der Waals surface area (Å²) >= 11 is 0. The number of aliphatic carboxylic acids is 1. The molecule has 2 atom stereocenters. The lowest BCUT2D eigenvalue weighted by Crippen LogP contribution is -2.45. The van der Waals surface area contributed by atoms with Crippen molar-refractivity contribution >= 4 is 12.3 Å². The second-order valence-electron chi connectivity index (χ2n) is 3.77. The van der Waals surface area contributed by atoms with Gasteiger partial charge in [-0.15, -0.1) is 0 Å². The van der Waals surface area contributed by atoms with Crippen molar-refractivity contribution in [2.45, 2.75) is 44.7 Å². The molecule has 1 fully saturated rings. The molecule has 0 saturated carbocycles. The minimum absolute atomic E-state index is 0.100. The molecule has 0 bridgehead atoms. The highest BCUT2D eigenvalue weighted by Crippen LogP contribution is 2.27. The number of carboxylic acids is 1. The molecule has 0 aromatic rings. The minimum atomic E-state index is -0.933. The first-order valence-electron chi connectivity index (χ1n) is 4.45. The molecule has 1 aliphatic rings. The predicted octanol–water partition coefficient (Wildman–Crippen LogP) is 0.570. The van der Waals surface area contributed by atoms with Gasteiger partial charge in [0, 0.05) is 6.42 Å². The van der Waals surface area contributed by atoms with Crippen LogP contribution in [0.15, 0.2) is 0 Å². The molecule has 5 nitrogen and oxygen atoms in total. The molecule has 1 saturated heterocycles. The molecule has 0 aromatic carbocycles. The molecule has 1 aliphatic heterocycles. The highest BCUT2D eigenvalue weighted by atomic mass is 16.7. The van der Waals surface area contributed by atoms with Crippen LogP contribution in [0.3, 0.4) is 0 Å². The predicted molar refractivity (Wildman–Crippen MR) is 46.8 cm³/mol. The second kappa shape index (κ2) is 4.06. The fourth-order valence-electron chi connectivity index (χ4n) is 1.55. The molecule has 5 heteroatoms. The molecule has 0 aliphatic carbocycles. The van der Waals surface area contributed by atoms with E-state index in [-0.39, 0.29) is 6.42 Å². The minimum Gasteiger partial charge on any atom is -0.481 e. The van der Waals surface area contributed by atoms with E-state index < -0.39 is 24.0 Å². The summed E-state index contributed by atoms with van der Waals surface area (Å²) in [6.45, 7) is 3.33. The Morgan fingerprint density at radius 3 is 2.71 bits per heavy atom. The number of ether oxygens (including phenoxy) is 2. The maximum atomic E-state index is 10.6. The van der Waals surface area contributed by atoms with E-state index >= 15 is 0 Å². The van der Waals surface area contributed by atoms with Gasteiger partial charge in [-0.25, -0.2) is 0 Å². The van der Waals surface area contributed by atoms with Gasteiger partial charge in [0.15, 0.2) is 5.79 Å². The van der Waals surface area contributed by atoms with Gasteiger partial charge in [-0.1, -0.05) is 0 Å². The van der Waals surface area contributed by atoms with Crippen molar-refractivity contribution in [3.05, 3.63) is 0 Å². The molecular formula is C9H14O5. The number of hydrogen-bond acceptors (Lipinski definition) is 4. The SMILES string of the molecule is CC1(C)OC(C=O)C[C@@H](CC(=O)O)O1. The van der Waals surface area contributed by atoms with Gasteiger partial charge >= 0.3 is 5.97 Å². The van der Waals surface area contributed by atoms with E-state index in [0.29, 0.717) is 12.7 Å². The maximum Gasteiger partial charge on any atom is 0.305 e. The van der Waals surface area contributed by atoms with Crippen molar-refractivity contribution in [3.63, 3.8) is 0 Å². The number of carbonyl (C=O) groups excluding carboxylic acids is 1. The second-order valence-corrected chi connectivity index (χ2v) is 3.77. The maximum absolute atomic E-state index is 10.6. The van der Waals surface area contributed by atoms with E-state index in [1.165, 1.54) is 0 Å². The molecule has 0 aromatic heterocycles. The molecule has 0 amide bonds. The van der Waals surface area contributed by atoms with Gasteiger partial charge in [-0.3, -0.25) is 4.79 Å². The first-order valence-corrected chi connectivity index (χ1v) is 4.45. The van der Waals surface area contributed by atoms with Crippen LogP contribution in [-0.2, 0) is 19.1 Å². The number of aldehydes is 1. The third-order valence-electron chi connectivity index (χ3n) is 1.93. The van der Waals surface area contributed by atoms with Crippen molar-refractivity contribution in [1.82, 2.24) is 0 Å². The molecular weight excluding hydrogens is 188 g/mol. The Bertz CT molecular complexity index is 235. The van der Waals surface area contributed by atoms with Crippen LogP contribution in [0.25, 0.3) is 0 Å². The Hall–Kier alpha value is -0.940. The van der Waals surface area contributed by atoms with Crippen LogP contribution in [0.1, 0.15) is 26.7 Å². The fraction of sp³-hybridized carbons (Fsp3) is 0.778. The van der Waals surface area contributed by atoms with Gasteiger partial charge in [0.25, 0.3) is 0 Å².